The van der Waals surface area contributed by atoms with Crippen LogP contribution >= 0.6 is 0 Å². The summed E-state index contributed by atoms with van der Waals surface area (Å²) in [5.41, 5.74) is 4.02. The van der Waals surface area contributed by atoms with Crippen LogP contribution in [0.3, 0.4) is 0 Å². The second-order valence-electron chi connectivity index (χ2n) is 6.65. The molecule has 7 nitrogen and oxygen atoms in total. The molecule has 1 aliphatic rings. The van der Waals surface area contributed by atoms with Crippen LogP contribution in [0.1, 0.15) is 34.9 Å². The molecule has 26 heavy (non-hydrogen) atoms. The van der Waals surface area contributed by atoms with E-state index in [0.29, 0.717) is 24.6 Å². The van der Waals surface area contributed by atoms with Gasteiger partial charge in [-0.1, -0.05) is 6.07 Å². The average molecular weight is 346 g/mol. The molecule has 0 unspecified atom stereocenters. The number of nitrogens with one attached hydrogen (secondary N) is 1. The molecule has 1 saturated carbocycles. The molecule has 0 radical (unpaired) electrons. The quantitative estimate of drug-likeness (QED) is 0.602. The van der Waals surface area contributed by atoms with E-state index in [1.165, 1.54) is 12.8 Å². The van der Waals surface area contributed by atoms with Gasteiger partial charge in [-0.2, -0.15) is 0 Å². The molecule has 0 atom stereocenters. The molecule has 1 aliphatic carbocycles. The molecule has 0 spiro atoms. The Bertz CT molecular complexity index is 1070. The Morgan fingerprint density at radius 1 is 1.27 bits per heavy atom. The van der Waals surface area contributed by atoms with Gasteiger partial charge >= 0.3 is 0 Å². The summed E-state index contributed by atoms with van der Waals surface area (Å²) in [5, 5.41) is 2.94. The molecular weight excluding hydrogens is 328 g/mol. The zero-order valence-electron chi connectivity index (χ0n) is 14.2. The fourth-order valence-electron chi connectivity index (χ4n) is 3.18. The molecule has 1 N–H and O–H groups in total. The molecule has 0 aromatic carbocycles. The van der Waals surface area contributed by atoms with Crippen molar-refractivity contribution in [2.45, 2.75) is 25.3 Å². The van der Waals surface area contributed by atoms with Crippen LogP contribution in [-0.2, 0) is 6.42 Å². The Kier molecular flexibility index (Phi) is 3.44. The van der Waals surface area contributed by atoms with Gasteiger partial charge in [-0.3, -0.25) is 4.79 Å². The van der Waals surface area contributed by atoms with Gasteiger partial charge in [-0.05, 0) is 31.0 Å². The third kappa shape index (κ3) is 2.71. The average Bonchev–Trinajstić information content (AvgIpc) is 3.28. The van der Waals surface area contributed by atoms with E-state index in [2.05, 4.69) is 24.8 Å². The highest BCUT2D eigenvalue weighted by atomic mass is 16.1. The van der Waals surface area contributed by atoms with Crippen molar-refractivity contribution in [3.63, 3.8) is 0 Å². The normalized spacial score (nSPS) is 14.2. The maximum atomic E-state index is 12.4. The van der Waals surface area contributed by atoms with Crippen molar-refractivity contribution in [2.75, 3.05) is 6.54 Å². The maximum Gasteiger partial charge on any atom is 0.252 e. The van der Waals surface area contributed by atoms with Gasteiger partial charge in [0.1, 0.15) is 11.2 Å². The van der Waals surface area contributed by atoms with Crippen molar-refractivity contribution in [2.24, 2.45) is 0 Å². The number of carbonyl (C=O) groups is 1. The minimum Gasteiger partial charge on any atom is -0.352 e. The Morgan fingerprint density at radius 2 is 2.19 bits per heavy atom. The van der Waals surface area contributed by atoms with Crippen LogP contribution in [0.25, 0.3) is 16.8 Å². The van der Waals surface area contributed by atoms with E-state index in [1.54, 1.807) is 6.20 Å². The van der Waals surface area contributed by atoms with Gasteiger partial charge in [0.25, 0.3) is 5.91 Å². The molecule has 5 rings (SSSR count). The van der Waals surface area contributed by atoms with Gasteiger partial charge in [0.2, 0.25) is 0 Å². The largest absolute Gasteiger partial charge is 0.352 e. The SMILES string of the molecule is O=C(NCCc1cn2ccccc2n1)c1cnc2c(c1)ncn2C1CC1. The lowest BCUT2D eigenvalue weighted by Crippen LogP contribution is -2.25. The van der Waals surface area contributed by atoms with E-state index >= 15 is 0 Å². The number of imidazole rings is 2. The first-order chi connectivity index (χ1) is 12.8. The van der Waals surface area contributed by atoms with Gasteiger partial charge < -0.3 is 14.3 Å². The first-order valence-electron chi connectivity index (χ1n) is 8.81. The minimum atomic E-state index is -0.135. The number of aromatic nitrogens is 5. The van der Waals surface area contributed by atoms with Crippen LogP contribution in [0.15, 0.2) is 49.2 Å². The molecule has 7 heteroatoms. The number of carbonyl (C=O) groups excluding carboxylic acids is 1. The van der Waals surface area contributed by atoms with E-state index < -0.39 is 0 Å². The fourth-order valence-corrected chi connectivity index (χ4v) is 3.18. The topological polar surface area (TPSA) is 77.1 Å². The molecule has 4 aromatic heterocycles. The molecule has 4 aromatic rings. The van der Waals surface area contributed by atoms with E-state index in [-0.39, 0.29) is 5.91 Å². The number of hydrogen-bond acceptors (Lipinski definition) is 4. The molecule has 0 bridgehead atoms. The lowest BCUT2D eigenvalue weighted by molar-refractivity contribution is 0.0954. The first kappa shape index (κ1) is 15.1. The van der Waals surface area contributed by atoms with E-state index in [1.807, 2.05) is 47.4 Å². The molecular formula is C19H18N6O. The van der Waals surface area contributed by atoms with Gasteiger partial charge in [0.15, 0.2) is 5.65 Å². The number of nitrogens with zero attached hydrogens (tertiary/aromatic N) is 5. The summed E-state index contributed by atoms with van der Waals surface area (Å²) in [7, 11) is 0. The van der Waals surface area contributed by atoms with E-state index in [0.717, 1.165) is 22.5 Å². The van der Waals surface area contributed by atoms with Crippen molar-refractivity contribution in [1.82, 2.24) is 29.2 Å². The number of pyridine rings is 2. The predicted octanol–water partition coefficient (Wildman–Crippen LogP) is 2.39. The molecule has 4 heterocycles. The predicted molar refractivity (Wildman–Crippen MR) is 97.0 cm³/mol. The maximum absolute atomic E-state index is 12.4. The van der Waals surface area contributed by atoms with Crippen LogP contribution in [0.4, 0.5) is 0 Å². The lowest BCUT2D eigenvalue weighted by Gasteiger charge is -2.04. The van der Waals surface area contributed by atoms with Gasteiger partial charge in [0.05, 0.1) is 17.6 Å². The molecule has 0 aliphatic heterocycles. The fraction of sp³-hybridized carbons (Fsp3) is 0.263. The number of rotatable bonds is 5. The van der Waals surface area contributed by atoms with Crippen LogP contribution < -0.4 is 5.32 Å². The van der Waals surface area contributed by atoms with Gasteiger partial charge in [0, 0.05) is 37.6 Å². The van der Waals surface area contributed by atoms with Crippen molar-refractivity contribution < 1.29 is 4.79 Å². The summed E-state index contributed by atoms with van der Waals surface area (Å²) in [4.78, 5) is 25.8. The summed E-state index contributed by atoms with van der Waals surface area (Å²) in [5.74, 6) is -0.135. The Labute approximate surface area is 149 Å². The second-order valence-corrected chi connectivity index (χ2v) is 6.65. The number of hydrogen-bond donors (Lipinski definition) is 1. The molecule has 130 valence electrons. The summed E-state index contributed by atoms with van der Waals surface area (Å²) >= 11 is 0. The highest BCUT2D eigenvalue weighted by Gasteiger charge is 2.25. The zero-order chi connectivity index (χ0) is 17.5. The third-order valence-corrected chi connectivity index (χ3v) is 4.70. The summed E-state index contributed by atoms with van der Waals surface area (Å²) in [6.45, 7) is 0.525. The third-order valence-electron chi connectivity index (χ3n) is 4.70. The summed E-state index contributed by atoms with van der Waals surface area (Å²) < 4.78 is 4.08. The number of fused-ring (bicyclic) bond motifs is 2. The molecule has 1 fully saturated rings. The smallest absolute Gasteiger partial charge is 0.252 e. The Morgan fingerprint density at radius 3 is 3.04 bits per heavy atom. The van der Waals surface area contributed by atoms with Crippen LogP contribution in [0, 0.1) is 0 Å². The van der Waals surface area contributed by atoms with Crippen molar-refractivity contribution >= 4 is 22.7 Å². The second kappa shape index (κ2) is 5.94. The minimum absolute atomic E-state index is 0.135. The molecule has 0 saturated heterocycles. The van der Waals surface area contributed by atoms with Crippen molar-refractivity contribution in [3.05, 3.63) is 60.4 Å². The summed E-state index contributed by atoms with van der Waals surface area (Å²) in [6.07, 6.45) is 10.4. The lowest BCUT2D eigenvalue weighted by atomic mass is 10.2. The van der Waals surface area contributed by atoms with Gasteiger partial charge in [-0.15, -0.1) is 0 Å². The standard InChI is InChI=1S/C19H18N6O/c26-19(20-7-6-14-11-24-8-2-1-3-17(24)23-14)13-9-16-18(21-10-13)25(12-22-16)15-4-5-15/h1-3,8-12,15H,4-7H2,(H,20,26). The number of amides is 1. The highest BCUT2D eigenvalue weighted by Crippen LogP contribution is 2.36. The summed E-state index contributed by atoms with van der Waals surface area (Å²) in [6, 6.07) is 8.22. The van der Waals surface area contributed by atoms with E-state index in [9.17, 15) is 4.79 Å². The first-order valence-corrected chi connectivity index (χ1v) is 8.81. The Hall–Kier alpha value is -3.22. The highest BCUT2D eigenvalue weighted by molar-refractivity contribution is 5.96. The zero-order valence-corrected chi connectivity index (χ0v) is 14.2. The molecule has 1 amide bonds. The monoisotopic (exact) mass is 346 g/mol. The van der Waals surface area contributed by atoms with E-state index in [4.69, 9.17) is 0 Å². The van der Waals surface area contributed by atoms with Crippen molar-refractivity contribution in [1.29, 1.82) is 0 Å². The van der Waals surface area contributed by atoms with Gasteiger partial charge in [-0.25, -0.2) is 15.0 Å². The van der Waals surface area contributed by atoms with Crippen LogP contribution in [0.2, 0.25) is 0 Å². The van der Waals surface area contributed by atoms with Crippen molar-refractivity contribution in [3.8, 4) is 0 Å². The van der Waals surface area contributed by atoms with Crippen LogP contribution in [-0.4, -0.2) is 36.4 Å². The Balaban J connectivity index is 1.25. The van der Waals surface area contributed by atoms with Crippen LogP contribution in [0.5, 0.6) is 0 Å².